The normalized spacial score (nSPS) is 11.3. The lowest BCUT2D eigenvalue weighted by Crippen LogP contribution is -2.15. The number of anilines is 1. The van der Waals surface area contributed by atoms with E-state index in [1.807, 2.05) is 12.1 Å². The summed E-state index contributed by atoms with van der Waals surface area (Å²) in [6.45, 7) is 8.63. The fourth-order valence-corrected chi connectivity index (χ4v) is 4.53. The third kappa shape index (κ3) is 5.92. The van der Waals surface area contributed by atoms with Crippen molar-refractivity contribution in [1.82, 2.24) is 4.98 Å². The number of nitrogens with one attached hydrogen (secondary N) is 1. The maximum absolute atomic E-state index is 12.6. The summed E-state index contributed by atoms with van der Waals surface area (Å²) < 4.78 is 5.73. The molecule has 2 aromatic carbocycles. The van der Waals surface area contributed by atoms with Gasteiger partial charge in [0, 0.05) is 17.9 Å². The second kappa shape index (κ2) is 11.2. The van der Waals surface area contributed by atoms with Gasteiger partial charge in [-0.2, -0.15) is 5.26 Å². The minimum atomic E-state index is 0.0793. The Morgan fingerprint density at radius 3 is 2.41 bits per heavy atom. The number of unbranched alkanes of at least 4 members (excludes halogenated alkanes) is 2. The Bertz CT molecular complexity index is 1090. The van der Waals surface area contributed by atoms with Crippen LogP contribution in [0.4, 0.5) is 5.69 Å². The van der Waals surface area contributed by atoms with Crippen LogP contribution in [-0.4, -0.2) is 16.6 Å². The van der Waals surface area contributed by atoms with Gasteiger partial charge in [-0.05, 0) is 47.9 Å². The molecule has 6 heteroatoms. The molecule has 3 rings (SSSR count). The topological polar surface area (TPSA) is 78.9 Å². The Labute approximate surface area is 194 Å². The minimum Gasteiger partial charge on any atom is -0.430 e. The summed E-state index contributed by atoms with van der Waals surface area (Å²) in [5.74, 6) is 1.66. The molecule has 0 unspecified atom stereocenters. The maximum Gasteiger partial charge on any atom is 0.256 e. The highest BCUT2D eigenvalue weighted by atomic mass is 32.2. The average Bonchev–Trinajstić information content (AvgIpc) is 3.19. The average molecular weight is 450 g/mol. The van der Waals surface area contributed by atoms with Gasteiger partial charge in [-0.1, -0.05) is 70.1 Å². The molecular weight excluding hydrogens is 418 g/mol. The molecule has 0 radical (unpaired) electrons. The van der Waals surface area contributed by atoms with E-state index in [4.69, 9.17) is 9.68 Å². The highest BCUT2D eigenvalue weighted by Crippen LogP contribution is 2.32. The SMILES string of the molecule is CC(C)c1cccc(C(C)C)c1NC(=O)CCCCCSc1nc2cccc(C#N)c2o1. The number of hydrogen-bond donors (Lipinski definition) is 1. The van der Waals surface area contributed by atoms with E-state index in [9.17, 15) is 4.79 Å². The molecule has 0 aliphatic carbocycles. The van der Waals surface area contributed by atoms with E-state index in [1.165, 1.54) is 11.1 Å². The van der Waals surface area contributed by atoms with Crippen molar-refractivity contribution in [2.45, 2.75) is 70.4 Å². The van der Waals surface area contributed by atoms with Gasteiger partial charge in [0.1, 0.15) is 11.6 Å². The molecular formula is C26H31N3O2S. The Kier molecular flexibility index (Phi) is 8.35. The first kappa shape index (κ1) is 23.9. The Hall–Kier alpha value is -2.78. The fraction of sp³-hybridized carbons (Fsp3) is 0.423. The number of fused-ring (bicyclic) bond motifs is 1. The summed E-state index contributed by atoms with van der Waals surface area (Å²) in [5, 5.41) is 12.9. The first-order chi connectivity index (χ1) is 15.4. The number of benzene rings is 2. The molecule has 168 valence electrons. The molecule has 0 fully saturated rings. The number of rotatable bonds is 10. The first-order valence-corrected chi connectivity index (χ1v) is 12.2. The lowest BCUT2D eigenvalue weighted by molar-refractivity contribution is -0.116. The largest absolute Gasteiger partial charge is 0.430 e. The lowest BCUT2D eigenvalue weighted by Gasteiger charge is -2.20. The number of para-hydroxylation sites is 2. The number of hydrogen-bond acceptors (Lipinski definition) is 5. The van der Waals surface area contributed by atoms with Gasteiger partial charge >= 0.3 is 0 Å². The molecule has 0 spiro atoms. The number of carbonyl (C=O) groups excluding carboxylic acids is 1. The van der Waals surface area contributed by atoms with Crippen LogP contribution >= 0.6 is 11.8 Å². The standard InChI is InChI=1S/C26H31N3O2S/c1-17(2)20-11-9-12-21(18(3)4)24(20)29-23(30)14-6-5-7-15-32-26-28-22-13-8-10-19(16-27)25(22)31-26/h8-13,17-18H,5-7,14-15H2,1-4H3,(H,29,30). The quantitative estimate of drug-likeness (QED) is 0.261. The van der Waals surface area contributed by atoms with Crippen LogP contribution in [0, 0.1) is 11.3 Å². The van der Waals surface area contributed by atoms with Crippen molar-refractivity contribution in [3.8, 4) is 6.07 Å². The molecule has 5 nitrogen and oxygen atoms in total. The third-order valence-corrected chi connectivity index (χ3v) is 6.34. The van der Waals surface area contributed by atoms with Crippen LogP contribution in [0.5, 0.6) is 0 Å². The van der Waals surface area contributed by atoms with Crippen LogP contribution in [0.1, 0.15) is 81.9 Å². The van der Waals surface area contributed by atoms with E-state index >= 15 is 0 Å². The van der Waals surface area contributed by atoms with Crippen LogP contribution in [0.2, 0.25) is 0 Å². The Morgan fingerprint density at radius 1 is 1.06 bits per heavy atom. The van der Waals surface area contributed by atoms with Gasteiger partial charge in [0.15, 0.2) is 5.58 Å². The van der Waals surface area contributed by atoms with E-state index in [0.717, 1.165) is 30.7 Å². The lowest BCUT2D eigenvalue weighted by atomic mass is 9.92. The monoisotopic (exact) mass is 449 g/mol. The molecule has 0 saturated heterocycles. The van der Waals surface area contributed by atoms with Gasteiger partial charge in [0.25, 0.3) is 5.22 Å². The summed E-state index contributed by atoms with van der Waals surface area (Å²) >= 11 is 1.55. The van der Waals surface area contributed by atoms with Crippen molar-refractivity contribution in [3.05, 3.63) is 53.1 Å². The van der Waals surface area contributed by atoms with Crippen LogP contribution in [0.15, 0.2) is 46.0 Å². The second-order valence-corrected chi connectivity index (χ2v) is 9.62. The molecule has 32 heavy (non-hydrogen) atoms. The number of oxazole rings is 1. The zero-order valence-corrected chi connectivity index (χ0v) is 20.1. The van der Waals surface area contributed by atoms with Gasteiger partial charge in [-0.3, -0.25) is 4.79 Å². The fourth-order valence-electron chi connectivity index (χ4n) is 3.70. The van der Waals surface area contributed by atoms with E-state index in [1.54, 1.807) is 17.8 Å². The van der Waals surface area contributed by atoms with Crippen LogP contribution in [0.25, 0.3) is 11.1 Å². The van der Waals surface area contributed by atoms with Crippen molar-refractivity contribution in [1.29, 1.82) is 5.26 Å². The molecule has 1 amide bonds. The van der Waals surface area contributed by atoms with Crippen molar-refractivity contribution < 1.29 is 9.21 Å². The molecule has 1 aromatic heterocycles. The van der Waals surface area contributed by atoms with Gasteiger partial charge in [-0.25, -0.2) is 4.98 Å². The number of nitriles is 1. The molecule has 0 atom stereocenters. The number of thioether (sulfide) groups is 1. The highest BCUT2D eigenvalue weighted by Gasteiger charge is 2.16. The molecule has 0 aliphatic heterocycles. The van der Waals surface area contributed by atoms with Gasteiger partial charge in [0.05, 0.1) is 5.56 Å². The molecule has 0 saturated carbocycles. The molecule has 1 heterocycles. The van der Waals surface area contributed by atoms with E-state index < -0.39 is 0 Å². The van der Waals surface area contributed by atoms with Gasteiger partial charge in [0.2, 0.25) is 5.91 Å². The highest BCUT2D eigenvalue weighted by molar-refractivity contribution is 7.99. The maximum atomic E-state index is 12.6. The first-order valence-electron chi connectivity index (χ1n) is 11.3. The van der Waals surface area contributed by atoms with Gasteiger partial charge in [-0.15, -0.1) is 0 Å². The summed E-state index contributed by atoms with van der Waals surface area (Å²) in [7, 11) is 0. The van der Waals surface area contributed by atoms with E-state index in [0.29, 0.717) is 40.1 Å². The van der Waals surface area contributed by atoms with Crippen LogP contribution < -0.4 is 5.32 Å². The zero-order valence-electron chi connectivity index (χ0n) is 19.3. The van der Waals surface area contributed by atoms with Crippen LogP contribution in [-0.2, 0) is 4.79 Å². The second-order valence-electron chi connectivity index (χ2n) is 8.57. The summed E-state index contributed by atoms with van der Waals surface area (Å²) in [5.41, 5.74) is 5.15. The summed E-state index contributed by atoms with van der Waals surface area (Å²) in [6.07, 6.45) is 3.30. The molecule has 0 bridgehead atoms. The summed E-state index contributed by atoms with van der Waals surface area (Å²) in [6, 6.07) is 13.8. The number of aromatic nitrogens is 1. The molecule has 0 aliphatic rings. The third-order valence-electron chi connectivity index (χ3n) is 5.43. The molecule has 3 aromatic rings. The minimum absolute atomic E-state index is 0.0793. The van der Waals surface area contributed by atoms with Crippen molar-refractivity contribution in [2.75, 3.05) is 11.1 Å². The number of amides is 1. The number of carbonyl (C=O) groups is 1. The smallest absolute Gasteiger partial charge is 0.256 e. The van der Waals surface area contributed by atoms with Crippen molar-refractivity contribution in [3.63, 3.8) is 0 Å². The predicted molar refractivity (Wildman–Crippen MR) is 131 cm³/mol. The van der Waals surface area contributed by atoms with Crippen molar-refractivity contribution in [2.24, 2.45) is 0 Å². The summed E-state index contributed by atoms with van der Waals surface area (Å²) in [4.78, 5) is 17.0. The van der Waals surface area contributed by atoms with Gasteiger partial charge < -0.3 is 9.73 Å². The Balaban J connectivity index is 1.45. The van der Waals surface area contributed by atoms with E-state index in [2.05, 4.69) is 62.3 Å². The predicted octanol–water partition coefficient (Wildman–Crippen LogP) is 7.24. The van der Waals surface area contributed by atoms with Crippen molar-refractivity contribution >= 4 is 34.5 Å². The van der Waals surface area contributed by atoms with E-state index in [-0.39, 0.29) is 5.91 Å². The molecule has 1 N–H and O–H groups in total. The zero-order chi connectivity index (χ0) is 23.1. The Morgan fingerprint density at radius 2 is 1.75 bits per heavy atom. The number of nitrogens with zero attached hydrogens (tertiary/aromatic N) is 2. The van der Waals surface area contributed by atoms with Crippen LogP contribution in [0.3, 0.4) is 0 Å².